The van der Waals surface area contributed by atoms with Gasteiger partial charge in [0.2, 0.25) is 0 Å². The maximum absolute atomic E-state index is 13.1. The number of hydrogen-bond acceptors (Lipinski definition) is 4. The lowest BCUT2D eigenvalue weighted by Crippen LogP contribution is -2.56. The number of carbonyl (C=O) groups is 2. The second kappa shape index (κ2) is 7.64. The van der Waals surface area contributed by atoms with Crippen LogP contribution in [0.5, 0.6) is 0 Å². The third-order valence-corrected chi connectivity index (χ3v) is 6.49. The van der Waals surface area contributed by atoms with Crippen LogP contribution in [0, 0.1) is 17.8 Å². The SMILES string of the molecule is CC[C@H]1CN(C)[C@H]2Cc3c([nH]c4ccccc34)C(=O)C[C@@H]1C2C(=O)OC.Cl. The van der Waals surface area contributed by atoms with E-state index in [9.17, 15) is 9.59 Å². The zero-order valence-corrected chi connectivity index (χ0v) is 16.8. The Morgan fingerprint density at radius 3 is 2.74 bits per heavy atom. The first-order valence-corrected chi connectivity index (χ1v) is 9.46. The fourth-order valence-electron chi connectivity index (χ4n) is 5.15. The van der Waals surface area contributed by atoms with E-state index in [2.05, 4.69) is 29.9 Å². The highest BCUT2D eigenvalue weighted by atomic mass is 35.5. The number of halogens is 1. The first-order valence-electron chi connectivity index (χ1n) is 9.46. The van der Waals surface area contributed by atoms with Gasteiger partial charge >= 0.3 is 5.97 Å². The molecule has 0 spiro atoms. The largest absolute Gasteiger partial charge is 0.469 e. The number of hydrogen-bond donors (Lipinski definition) is 1. The van der Waals surface area contributed by atoms with Crippen LogP contribution in [-0.4, -0.2) is 48.4 Å². The number of likely N-dealkylation sites (tertiary alicyclic amines) is 1. The Kier molecular flexibility index (Phi) is 5.63. The van der Waals surface area contributed by atoms with Crippen molar-refractivity contribution < 1.29 is 14.3 Å². The molecule has 0 amide bonds. The summed E-state index contributed by atoms with van der Waals surface area (Å²) in [6, 6.07) is 8.10. The molecule has 1 saturated heterocycles. The molecular weight excluding hydrogens is 364 g/mol. The van der Waals surface area contributed by atoms with Gasteiger partial charge in [0.25, 0.3) is 0 Å². The normalized spacial score (nSPS) is 28.0. The van der Waals surface area contributed by atoms with E-state index < -0.39 is 0 Å². The van der Waals surface area contributed by atoms with Gasteiger partial charge in [-0.15, -0.1) is 12.4 Å². The predicted octanol–water partition coefficient (Wildman–Crippen LogP) is 3.46. The minimum absolute atomic E-state index is 0. The van der Waals surface area contributed by atoms with Gasteiger partial charge < -0.3 is 14.6 Å². The van der Waals surface area contributed by atoms with Crippen LogP contribution in [0.4, 0.5) is 0 Å². The fourth-order valence-corrected chi connectivity index (χ4v) is 5.15. The van der Waals surface area contributed by atoms with Crippen molar-refractivity contribution in [2.45, 2.75) is 32.2 Å². The van der Waals surface area contributed by atoms with Gasteiger partial charge in [-0.05, 0) is 36.9 Å². The van der Waals surface area contributed by atoms with Crippen molar-refractivity contribution in [1.29, 1.82) is 0 Å². The number of nitrogens with one attached hydrogen (secondary N) is 1. The van der Waals surface area contributed by atoms with Gasteiger partial charge in [-0.25, -0.2) is 0 Å². The maximum Gasteiger partial charge on any atom is 0.310 e. The van der Waals surface area contributed by atoms with E-state index >= 15 is 0 Å². The van der Waals surface area contributed by atoms with E-state index in [4.69, 9.17) is 4.74 Å². The minimum atomic E-state index is -0.255. The molecule has 2 bridgehead atoms. The Bertz CT molecular complexity index is 862. The van der Waals surface area contributed by atoms with Crippen LogP contribution >= 0.6 is 12.4 Å². The van der Waals surface area contributed by atoms with E-state index in [0.29, 0.717) is 18.8 Å². The number of esters is 1. The van der Waals surface area contributed by atoms with E-state index in [1.165, 1.54) is 7.11 Å². The summed E-state index contributed by atoms with van der Waals surface area (Å²) < 4.78 is 5.17. The third-order valence-electron chi connectivity index (χ3n) is 6.49. The second-order valence-electron chi connectivity index (χ2n) is 7.74. The Morgan fingerprint density at radius 2 is 2.04 bits per heavy atom. The lowest BCUT2D eigenvalue weighted by Gasteiger charge is -2.47. The predicted molar refractivity (Wildman–Crippen MR) is 107 cm³/mol. The highest BCUT2D eigenvalue weighted by Gasteiger charge is 2.48. The molecule has 0 saturated carbocycles. The number of likely N-dealkylation sites (N-methyl/N-ethyl adjacent to an activating group) is 1. The Morgan fingerprint density at radius 1 is 1.30 bits per heavy atom. The molecule has 4 rings (SSSR count). The van der Waals surface area contributed by atoms with E-state index in [-0.39, 0.29) is 42.0 Å². The monoisotopic (exact) mass is 390 g/mol. The number of aromatic amines is 1. The summed E-state index contributed by atoms with van der Waals surface area (Å²) in [7, 11) is 3.55. The van der Waals surface area contributed by atoms with E-state index in [0.717, 1.165) is 35.1 Å². The molecule has 1 unspecified atom stereocenters. The van der Waals surface area contributed by atoms with Gasteiger partial charge in [-0.2, -0.15) is 0 Å². The number of ether oxygens (including phenoxy) is 1. The summed E-state index contributed by atoms with van der Waals surface area (Å²) in [5, 5.41) is 1.09. The van der Waals surface area contributed by atoms with Gasteiger partial charge in [-0.1, -0.05) is 31.5 Å². The van der Waals surface area contributed by atoms with Crippen LogP contribution < -0.4 is 0 Å². The molecule has 2 heterocycles. The number of rotatable bonds is 2. The van der Waals surface area contributed by atoms with Crippen LogP contribution in [-0.2, 0) is 16.0 Å². The van der Waals surface area contributed by atoms with Crippen LogP contribution in [0.25, 0.3) is 10.9 Å². The van der Waals surface area contributed by atoms with Gasteiger partial charge in [0.1, 0.15) is 0 Å². The molecule has 1 fully saturated rings. The van der Waals surface area contributed by atoms with Crippen molar-refractivity contribution >= 4 is 35.1 Å². The van der Waals surface area contributed by atoms with Crippen molar-refractivity contribution in [3.63, 3.8) is 0 Å². The molecule has 1 aromatic heterocycles. The number of H-pyrrole nitrogens is 1. The lowest BCUT2D eigenvalue weighted by molar-refractivity contribution is -0.154. The number of nitrogens with zero attached hydrogens (tertiary/aromatic N) is 1. The number of methoxy groups -OCH3 is 1. The summed E-state index contributed by atoms with van der Waals surface area (Å²) in [5.74, 6) is 0.0584. The van der Waals surface area contributed by atoms with Crippen molar-refractivity contribution in [2.24, 2.45) is 17.8 Å². The Hall–Kier alpha value is -1.85. The molecule has 146 valence electrons. The number of aromatic nitrogens is 1. The number of para-hydroxylation sites is 1. The zero-order valence-electron chi connectivity index (χ0n) is 16.0. The topological polar surface area (TPSA) is 62.4 Å². The average molecular weight is 391 g/mol. The molecule has 5 nitrogen and oxygen atoms in total. The molecule has 2 aliphatic rings. The maximum atomic E-state index is 13.1. The smallest absolute Gasteiger partial charge is 0.310 e. The third kappa shape index (κ3) is 3.17. The van der Waals surface area contributed by atoms with Crippen molar-refractivity contribution in [3.05, 3.63) is 35.5 Å². The van der Waals surface area contributed by atoms with Gasteiger partial charge in [0, 0.05) is 29.9 Å². The number of ketones is 1. The molecule has 1 aromatic carbocycles. The molecule has 27 heavy (non-hydrogen) atoms. The molecule has 1 aliphatic carbocycles. The van der Waals surface area contributed by atoms with Gasteiger partial charge in [0.05, 0.1) is 18.7 Å². The van der Waals surface area contributed by atoms with Crippen molar-refractivity contribution in [3.8, 4) is 0 Å². The quantitative estimate of drug-likeness (QED) is 0.797. The average Bonchev–Trinajstić information content (AvgIpc) is 3.01. The summed E-state index contributed by atoms with van der Waals surface area (Å²) in [6.45, 7) is 3.06. The molecule has 1 aliphatic heterocycles. The molecule has 6 heteroatoms. The molecular formula is C21H27ClN2O3. The Balaban J connectivity index is 0.00000210. The van der Waals surface area contributed by atoms with Gasteiger partial charge in [-0.3, -0.25) is 9.59 Å². The highest BCUT2D eigenvalue weighted by Crippen LogP contribution is 2.42. The second-order valence-corrected chi connectivity index (χ2v) is 7.74. The summed E-state index contributed by atoms with van der Waals surface area (Å²) in [4.78, 5) is 31.5. The summed E-state index contributed by atoms with van der Waals surface area (Å²) >= 11 is 0. The summed E-state index contributed by atoms with van der Waals surface area (Å²) in [6.07, 6.45) is 2.05. The number of Topliss-reactive ketones (excluding diaryl/α,β-unsaturated/α-hetero) is 1. The van der Waals surface area contributed by atoms with Crippen molar-refractivity contribution in [1.82, 2.24) is 9.88 Å². The highest BCUT2D eigenvalue weighted by molar-refractivity contribution is 6.03. The molecule has 2 aromatic rings. The minimum Gasteiger partial charge on any atom is -0.469 e. The van der Waals surface area contributed by atoms with Gasteiger partial charge in [0.15, 0.2) is 5.78 Å². The van der Waals surface area contributed by atoms with Crippen LogP contribution in [0.3, 0.4) is 0 Å². The van der Waals surface area contributed by atoms with Crippen LogP contribution in [0.1, 0.15) is 35.8 Å². The number of benzene rings is 1. The van der Waals surface area contributed by atoms with Crippen LogP contribution in [0.2, 0.25) is 0 Å². The molecule has 4 atom stereocenters. The fraction of sp³-hybridized carbons (Fsp3) is 0.524. The summed E-state index contributed by atoms with van der Waals surface area (Å²) in [5.41, 5.74) is 2.77. The molecule has 0 radical (unpaired) electrons. The number of fused-ring (bicyclic) bond motifs is 5. The Labute approximate surface area is 165 Å². The zero-order chi connectivity index (χ0) is 18.4. The van der Waals surface area contributed by atoms with E-state index in [1.807, 2.05) is 18.2 Å². The van der Waals surface area contributed by atoms with E-state index in [1.54, 1.807) is 0 Å². The standard InChI is InChI=1S/C21H26N2O3.ClH/c1-4-12-11-23(2)17-9-15-13-7-5-6-8-16(13)22-20(15)18(24)10-14(12)19(17)21(25)26-3;/h5-8,12,14,17,19,22H,4,9-11H2,1-3H3;1H/t12-,14-,17-,19?;/m0./s1. The number of piperidine rings is 1. The van der Waals surface area contributed by atoms with Crippen molar-refractivity contribution in [2.75, 3.05) is 20.7 Å². The first kappa shape index (κ1) is 19.9. The lowest BCUT2D eigenvalue weighted by atomic mass is 9.67. The molecule has 1 N–H and O–H groups in total. The van der Waals surface area contributed by atoms with Crippen LogP contribution in [0.15, 0.2) is 24.3 Å². The first-order chi connectivity index (χ1) is 12.5. The number of carbonyl (C=O) groups excluding carboxylic acids is 2.